The third kappa shape index (κ3) is 3.67. The highest BCUT2D eigenvalue weighted by atomic mass is 32.2. The number of Topliss-reactive ketones (excluding diaryl/α,β-unsaturated/α-hetero) is 1. The Kier molecular flexibility index (Phi) is 4.73. The number of hydrogen-bond acceptors (Lipinski definition) is 2. The second-order valence-corrected chi connectivity index (χ2v) is 6.92. The van der Waals surface area contributed by atoms with Crippen LogP contribution < -0.4 is 0 Å². The van der Waals surface area contributed by atoms with Gasteiger partial charge in [-0.25, -0.2) is 0 Å². The Balaban J connectivity index is 2.21. The summed E-state index contributed by atoms with van der Waals surface area (Å²) in [5, 5.41) is 0. The van der Waals surface area contributed by atoms with Crippen molar-refractivity contribution >= 4 is 16.6 Å². The van der Waals surface area contributed by atoms with Crippen molar-refractivity contribution in [2.75, 3.05) is 5.75 Å². The summed E-state index contributed by atoms with van der Waals surface area (Å²) in [4.78, 5) is 13.1. The number of carbonyl (C=O) groups is 1. The van der Waals surface area contributed by atoms with E-state index in [1.807, 2.05) is 64.1 Å². The van der Waals surface area contributed by atoms with Crippen LogP contribution in [0, 0.1) is 27.7 Å². The molecule has 0 bridgehead atoms. The van der Waals surface area contributed by atoms with Crippen molar-refractivity contribution in [1.29, 1.82) is 0 Å². The van der Waals surface area contributed by atoms with Crippen LogP contribution in [0.15, 0.2) is 41.3 Å². The van der Waals surface area contributed by atoms with Gasteiger partial charge in [0, 0.05) is 10.5 Å². The van der Waals surface area contributed by atoms with Gasteiger partial charge >= 0.3 is 0 Å². The standard InChI is InChI=1S/C18H20O2S/c1-12-5-7-16(14(3)9-12)17(19)11-21(20)18-8-6-13(2)10-15(18)4/h5-10H,11H2,1-4H3. The van der Waals surface area contributed by atoms with Crippen LogP contribution in [0.2, 0.25) is 0 Å². The fourth-order valence-electron chi connectivity index (χ4n) is 2.46. The molecule has 0 saturated carbocycles. The molecule has 0 heterocycles. The summed E-state index contributed by atoms with van der Waals surface area (Å²) in [5.74, 6) is -0.0285. The molecule has 0 aliphatic heterocycles. The molecule has 0 fully saturated rings. The average molecular weight is 300 g/mol. The van der Waals surface area contributed by atoms with E-state index in [1.54, 1.807) is 0 Å². The van der Waals surface area contributed by atoms with Gasteiger partial charge in [-0.15, -0.1) is 0 Å². The lowest BCUT2D eigenvalue weighted by Gasteiger charge is -2.08. The van der Waals surface area contributed by atoms with E-state index in [9.17, 15) is 9.00 Å². The predicted octanol–water partition coefficient (Wildman–Crippen LogP) is 3.91. The Hall–Kier alpha value is -1.74. The lowest BCUT2D eigenvalue weighted by atomic mass is 10.0. The second kappa shape index (κ2) is 6.35. The minimum atomic E-state index is -1.30. The highest BCUT2D eigenvalue weighted by Crippen LogP contribution is 2.17. The number of ketones is 1. The average Bonchev–Trinajstić information content (AvgIpc) is 2.37. The number of rotatable bonds is 4. The van der Waals surface area contributed by atoms with Gasteiger partial charge in [-0.05, 0) is 44.9 Å². The van der Waals surface area contributed by atoms with E-state index >= 15 is 0 Å². The summed E-state index contributed by atoms with van der Waals surface area (Å²) < 4.78 is 12.4. The van der Waals surface area contributed by atoms with Gasteiger partial charge in [0.2, 0.25) is 0 Å². The van der Waals surface area contributed by atoms with Crippen molar-refractivity contribution in [1.82, 2.24) is 0 Å². The number of benzene rings is 2. The maximum atomic E-state index is 12.4. The molecule has 3 heteroatoms. The first-order valence-electron chi connectivity index (χ1n) is 6.94. The molecule has 21 heavy (non-hydrogen) atoms. The number of hydrogen-bond donors (Lipinski definition) is 0. The van der Waals surface area contributed by atoms with Gasteiger partial charge in [-0.2, -0.15) is 0 Å². The molecule has 0 aromatic heterocycles. The van der Waals surface area contributed by atoms with Crippen molar-refractivity contribution < 1.29 is 9.00 Å². The van der Waals surface area contributed by atoms with Crippen LogP contribution in [0.1, 0.15) is 32.6 Å². The van der Waals surface area contributed by atoms with Crippen LogP contribution >= 0.6 is 0 Å². The molecule has 2 aromatic rings. The lowest BCUT2D eigenvalue weighted by Crippen LogP contribution is -2.13. The molecule has 2 nitrogen and oxygen atoms in total. The first-order valence-corrected chi connectivity index (χ1v) is 8.26. The maximum Gasteiger partial charge on any atom is 0.175 e. The van der Waals surface area contributed by atoms with Crippen LogP contribution in [-0.4, -0.2) is 15.7 Å². The Morgan fingerprint density at radius 3 is 2.05 bits per heavy atom. The van der Waals surface area contributed by atoms with E-state index in [0.29, 0.717) is 5.56 Å². The quantitative estimate of drug-likeness (QED) is 0.802. The maximum absolute atomic E-state index is 12.4. The zero-order valence-electron chi connectivity index (χ0n) is 12.9. The largest absolute Gasteiger partial charge is 0.293 e. The van der Waals surface area contributed by atoms with Crippen LogP contribution in [0.4, 0.5) is 0 Å². The van der Waals surface area contributed by atoms with E-state index in [0.717, 1.165) is 27.1 Å². The fraction of sp³-hybridized carbons (Fsp3) is 0.278. The normalized spacial score (nSPS) is 12.2. The third-order valence-electron chi connectivity index (χ3n) is 3.52. The molecule has 0 aliphatic rings. The van der Waals surface area contributed by atoms with Crippen LogP contribution in [0.5, 0.6) is 0 Å². The van der Waals surface area contributed by atoms with Gasteiger partial charge in [0.25, 0.3) is 0 Å². The molecule has 0 spiro atoms. The van der Waals surface area contributed by atoms with Gasteiger partial charge < -0.3 is 0 Å². The van der Waals surface area contributed by atoms with E-state index in [2.05, 4.69) is 0 Å². The molecular weight excluding hydrogens is 280 g/mol. The minimum Gasteiger partial charge on any atom is -0.293 e. The van der Waals surface area contributed by atoms with Gasteiger partial charge in [0.15, 0.2) is 5.78 Å². The molecule has 0 aliphatic carbocycles. The van der Waals surface area contributed by atoms with E-state index in [-0.39, 0.29) is 11.5 Å². The summed E-state index contributed by atoms with van der Waals surface area (Å²) >= 11 is 0. The first-order chi connectivity index (χ1) is 9.88. The van der Waals surface area contributed by atoms with E-state index in [4.69, 9.17) is 0 Å². The summed E-state index contributed by atoms with van der Waals surface area (Å²) in [6.07, 6.45) is 0. The monoisotopic (exact) mass is 300 g/mol. The van der Waals surface area contributed by atoms with E-state index < -0.39 is 10.8 Å². The Morgan fingerprint density at radius 1 is 0.905 bits per heavy atom. The zero-order chi connectivity index (χ0) is 15.6. The van der Waals surface area contributed by atoms with Gasteiger partial charge in [-0.3, -0.25) is 9.00 Å². The highest BCUT2D eigenvalue weighted by Gasteiger charge is 2.15. The molecular formula is C18H20O2S. The fourth-order valence-corrected chi connectivity index (χ4v) is 3.64. The summed E-state index contributed by atoms with van der Waals surface area (Å²) in [7, 11) is -1.30. The number of aryl methyl sites for hydroxylation is 4. The van der Waals surface area contributed by atoms with Gasteiger partial charge in [0.1, 0.15) is 0 Å². The molecule has 0 amide bonds. The topological polar surface area (TPSA) is 34.1 Å². The van der Waals surface area contributed by atoms with Gasteiger partial charge in [-0.1, -0.05) is 41.5 Å². The van der Waals surface area contributed by atoms with Gasteiger partial charge in [0.05, 0.1) is 16.6 Å². The lowest BCUT2D eigenvalue weighted by molar-refractivity contribution is 0.102. The van der Waals surface area contributed by atoms with Crippen molar-refractivity contribution in [2.45, 2.75) is 32.6 Å². The minimum absolute atomic E-state index is 0.0355. The molecule has 1 atom stereocenters. The Bertz CT molecular complexity index is 656. The van der Waals surface area contributed by atoms with Crippen LogP contribution in [-0.2, 0) is 10.8 Å². The molecule has 2 rings (SSSR count). The Labute approximate surface area is 128 Å². The third-order valence-corrected chi connectivity index (χ3v) is 4.99. The van der Waals surface area contributed by atoms with Crippen molar-refractivity contribution in [3.63, 3.8) is 0 Å². The zero-order valence-corrected chi connectivity index (χ0v) is 13.7. The summed E-state index contributed by atoms with van der Waals surface area (Å²) in [6.45, 7) is 7.84. The Morgan fingerprint density at radius 2 is 1.48 bits per heavy atom. The van der Waals surface area contributed by atoms with E-state index in [1.165, 1.54) is 0 Å². The van der Waals surface area contributed by atoms with Crippen LogP contribution in [0.3, 0.4) is 0 Å². The van der Waals surface area contributed by atoms with Crippen molar-refractivity contribution in [3.05, 3.63) is 64.2 Å². The second-order valence-electron chi connectivity index (χ2n) is 5.50. The van der Waals surface area contributed by atoms with Crippen LogP contribution in [0.25, 0.3) is 0 Å². The smallest absolute Gasteiger partial charge is 0.175 e. The molecule has 2 aromatic carbocycles. The van der Waals surface area contributed by atoms with Crippen molar-refractivity contribution in [3.8, 4) is 0 Å². The molecule has 1 unspecified atom stereocenters. The summed E-state index contributed by atoms with van der Waals surface area (Å²) in [6, 6.07) is 11.5. The SMILES string of the molecule is Cc1ccc(C(=O)CS(=O)c2ccc(C)cc2C)c(C)c1. The summed E-state index contributed by atoms with van der Waals surface area (Å²) in [5.41, 5.74) is 4.84. The molecule has 0 N–H and O–H groups in total. The molecule has 110 valence electrons. The first kappa shape index (κ1) is 15.6. The molecule has 0 radical (unpaired) electrons. The van der Waals surface area contributed by atoms with Crippen molar-refractivity contribution in [2.24, 2.45) is 0 Å². The molecule has 0 saturated heterocycles. The highest BCUT2D eigenvalue weighted by molar-refractivity contribution is 7.85. The number of carbonyl (C=O) groups excluding carboxylic acids is 1. The predicted molar refractivity (Wildman–Crippen MR) is 87.4 cm³/mol.